The van der Waals surface area contributed by atoms with E-state index in [1.165, 1.54) is 13.3 Å². The molecule has 1 fully saturated rings. The minimum absolute atomic E-state index is 0.0655. The number of methoxy groups -OCH3 is 1. The van der Waals surface area contributed by atoms with E-state index >= 15 is 0 Å². The second kappa shape index (κ2) is 8.55. The number of hydrogen-bond donors (Lipinski definition) is 3. The first-order valence-corrected chi connectivity index (χ1v) is 9.10. The van der Waals surface area contributed by atoms with E-state index in [1.807, 2.05) is 0 Å². The Morgan fingerprint density at radius 1 is 1.25 bits per heavy atom. The molecular weight excluding hydrogens is 360 g/mol. The fraction of sp³-hybridized carbons (Fsp3) is 0.368. The van der Waals surface area contributed by atoms with Gasteiger partial charge in [-0.2, -0.15) is 4.98 Å². The lowest BCUT2D eigenvalue weighted by Crippen LogP contribution is -2.51. The molecule has 9 heteroatoms. The first kappa shape index (κ1) is 19.4. The van der Waals surface area contributed by atoms with Crippen molar-refractivity contribution in [2.24, 2.45) is 0 Å². The third kappa shape index (κ3) is 3.98. The summed E-state index contributed by atoms with van der Waals surface area (Å²) in [5.74, 6) is 0.481. The monoisotopic (exact) mass is 384 g/mol. The number of piperidine rings is 1. The molecule has 1 aliphatic rings. The molecule has 0 bridgehead atoms. The van der Waals surface area contributed by atoms with E-state index in [0.717, 1.165) is 19.3 Å². The molecule has 1 aliphatic heterocycles. The smallest absolute Gasteiger partial charge is 0.318 e. The van der Waals surface area contributed by atoms with E-state index in [0.29, 0.717) is 17.9 Å². The number of urea groups is 1. The van der Waals surface area contributed by atoms with Crippen molar-refractivity contribution in [1.82, 2.24) is 20.2 Å². The Morgan fingerprint density at radius 3 is 2.75 bits per heavy atom. The summed E-state index contributed by atoms with van der Waals surface area (Å²) in [4.78, 5) is 35.0. The van der Waals surface area contributed by atoms with Crippen molar-refractivity contribution < 1.29 is 14.3 Å². The predicted octanol–water partition coefficient (Wildman–Crippen LogP) is 1.86. The van der Waals surface area contributed by atoms with Gasteiger partial charge in [0.1, 0.15) is 17.7 Å². The van der Waals surface area contributed by atoms with Gasteiger partial charge in [0.15, 0.2) is 0 Å². The van der Waals surface area contributed by atoms with E-state index in [4.69, 9.17) is 10.5 Å². The molecule has 0 spiro atoms. The quantitative estimate of drug-likeness (QED) is 0.673. The zero-order chi connectivity index (χ0) is 20.1. The van der Waals surface area contributed by atoms with Crippen LogP contribution in [-0.2, 0) is 0 Å². The lowest BCUT2D eigenvalue weighted by Gasteiger charge is -2.35. The number of carbonyl (C=O) groups excluding carboxylic acids is 2. The summed E-state index contributed by atoms with van der Waals surface area (Å²) in [7, 11) is 3.10. The Balaban J connectivity index is 1.80. The number of carbonyl (C=O) groups is 2. The molecule has 2 amide bonds. The minimum Gasteiger partial charge on any atom is -0.496 e. The number of amides is 2. The molecule has 0 aliphatic carbocycles. The van der Waals surface area contributed by atoms with Crippen molar-refractivity contribution >= 4 is 23.6 Å². The van der Waals surface area contributed by atoms with E-state index in [1.54, 1.807) is 36.2 Å². The number of aromatic nitrogens is 2. The maximum atomic E-state index is 12.8. The third-order valence-corrected chi connectivity index (χ3v) is 4.69. The first-order chi connectivity index (χ1) is 13.5. The van der Waals surface area contributed by atoms with Crippen LogP contribution < -0.4 is 21.1 Å². The van der Waals surface area contributed by atoms with Crippen molar-refractivity contribution in [3.63, 3.8) is 0 Å². The van der Waals surface area contributed by atoms with Crippen molar-refractivity contribution in [3.05, 3.63) is 41.6 Å². The Labute approximate surface area is 163 Å². The van der Waals surface area contributed by atoms with Crippen LogP contribution in [0.15, 0.2) is 30.5 Å². The summed E-state index contributed by atoms with van der Waals surface area (Å²) in [6.45, 7) is 0.650. The van der Waals surface area contributed by atoms with Crippen LogP contribution in [0.4, 0.5) is 16.6 Å². The second-order valence-electron chi connectivity index (χ2n) is 6.43. The fourth-order valence-corrected chi connectivity index (χ4v) is 3.23. The summed E-state index contributed by atoms with van der Waals surface area (Å²) in [6.07, 6.45) is 3.88. The van der Waals surface area contributed by atoms with Gasteiger partial charge in [-0.25, -0.2) is 9.78 Å². The number of nitrogen functional groups attached to an aromatic ring is 1. The van der Waals surface area contributed by atoms with Crippen LogP contribution in [0.3, 0.4) is 0 Å². The zero-order valence-corrected chi connectivity index (χ0v) is 15.9. The maximum Gasteiger partial charge on any atom is 0.318 e. The molecule has 4 N–H and O–H groups in total. The molecule has 3 rings (SSSR count). The van der Waals surface area contributed by atoms with Crippen LogP contribution in [0.25, 0.3) is 0 Å². The summed E-state index contributed by atoms with van der Waals surface area (Å²) in [5, 5.41) is 5.78. The second-order valence-corrected chi connectivity index (χ2v) is 6.43. The molecular formula is C19H24N6O3. The number of nitrogens with zero attached hydrogens (tertiary/aromatic N) is 3. The molecule has 1 aromatic carbocycles. The molecule has 0 radical (unpaired) electrons. The molecule has 0 saturated carbocycles. The third-order valence-electron chi connectivity index (χ3n) is 4.69. The standard InChI is InChI=1S/C19H24N6O3/c1-21-19(27)25-10-6-5-9-15(25)23-18-22-11-13(17(20)24-18)16(26)12-7-3-4-8-14(12)28-2/h3-4,7-8,11,15H,5-6,9-10H2,1-2H3,(H,21,27)(H3,20,22,23,24). The number of hydrogen-bond acceptors (Lipinski definition) is 7. The molecule has 9 nitrogen and oxygen atoms in total. The highest BCUT2D eigenvalue weighted by Crippen LogP contribution is 2.24. The highest BCUT2D eigenvalue weighted by molar-refractivity contribution is 6.13. The van der Waals surface area contributed by atoms with Crippen LogP contribution in [-0.4, -0.2) is 53.6 Å². The number of nitrogens with one attached hydrogen (secondary N) is 2. The van der Waals surface area contributed by atoms with Gasteiger partial charge in [-0.15, -0.1) is 0 Å². The van der Waals surface area contributed by atoms with Crippen LogP contribution in [0, 0.1) is 0 Å². The lowest BCUT2D eigenvalue weighted by atomic mass is 10.0. The van der Waals surface area contributed by atoms with E-state index < -0.39 is 0 Å². The van der Waals surface area contributed by atoms with Gasteiger partial charge in [0.2, 0.25) is 11.7 Å². The van der Waals surface area contributed by atoms with Crippen molar-refractivity contribution in [2.45, 2.75) is 25.4 Å². The number of rotatable bonds is 5. The summed E-state index contributed by atoms with van der Waals surface area (Å²) in [6, 6.07) is 6.74. The van der Waals surface area contributed by atoms with Crippen LogP contribution in [0.5, 0.6) is 5.75 Å². The highest BCUT2D eigenvalue weighted by atomic mass is 16.5. The SMILES string of the molecule is CNC(=O)N1CCCCC1Nc1ncc(C(=O)c2ccccc2OC)c(N)n1. The predicted molar refractivity (Wildman–Crippen MR) is 105 cm³/mol. The normalized spacial score (nSPS) is 16.4. The number of ketones is 1. The average Bonchev–Trinajstić information content (AvgIpc) is 2.73. The fourth-order valence-electron chi connectivity index (χ4n) is 3.23. The van der Waals surface area contributed by atoms with Crippen LogP contribution >= 0.6 is 0 Å². The number of ether oxygens (including phenoxy) is 1. The lowest BCUT2D eigenvalue weighted by molar-refractivity contribution is 0.103. The molecule has 2 heterocycles. The van der Waals surface area contributed by atoms with Gasteiger partial charge in [-0.1, -0.05) is 12.1 Å². The summed E-state index contributed by atoms with van der Waals surface area (Å²) < 4.78 is 5.24. The Bertz CT molecular complexity index is 872. The van der Waals surface area contributed by atoms with Crippen LogP contribution in [0.1, 0.15) is 35.2 Å². The van der Waals surface area contributed by atoms with Gasteiger partial charge in [0.25, 0.3) is 0 Å². The molecule has 28 heavy (non-hydrogen) atoms. The number of nitrogens with two attached hydrogens (primary N) is 1. The summed E-state index contributed by atoms with van der Waals surface area (Å²) >= 11 is 0. The number of likely N-dealkylation sites (tertiary alicyclic amines) is 1. The minimum atomic E-state index is -0.314. The van der Waals surface area contributed by atoms with Crippen molar-refractivity contribution in [3.8, 4) is 5.75 Å². The summed E-state index contributed by atoms with van der Waals surface area (Å²) in [5.41, 5.74) is 6.62. The van der Waals surface area contributed by atoms with Crippen molar-refractivity contribution in [2.75, 3.05) is 31.8 Å². The van der Waals surface area contributed by atoms with E-state index in [9.17, 15) is 9.59 Å². The average molecular weight is 384 g/mol. The van der Waals surface area contributed by atoms with Gasteiger partial charge < -0.3 is 26.0 Å². The molecule has 1 atom stereocenters. The molecule has 1 aromatic heterocycles. The van der Waals surface area contributed by atoms with Gasteiger partial charge in [0.05, 0.1) is 18.2 Å². The van der Waals surface area contributed by atoms with Crippen LogP contribution in [0.2, 0.25) is 0 Å². The Kier molecular flexibility index (Phi) is 5.93. The van der Waals surface area contributed by atoms with Gasteiger partial charge in [-0.3, -0.25) is 4.79 Å². The van der Waals surface area contributed by atoms with Gasteiger partial charge >= 0.3 is 6.03 Å². The number of anilines is 2. The molecule has 1 saturated heterocycles. The Morgan fingerprint density at radius 2 is 2.04 bits per heavy atom. The first-order valence-electron chi connectivity index (χ1n) is 9.10. The largest absolute Gasteiger partial charge is 0.496 e. The zero-order valence-electron chi connectivity index (χ0n) is 15.9. The van der Waals surface area contributed by atoms with Gasteiger partial charge in [0, 0.05) is 19.8 Å². The molecule has 1 unspecified atom stereocenters. The number of para-hydroxylation sites is 1. The highest BCUT2D eigenvalue weighted by Gasteiger charge is 2.27. The Hall–Kier alpha value is -3.36. The van der Waals surface area contributed by atoms with E-state index in [2.05, 4.69) is 20.6 Å². The number of benzene rings is 1. The molecule has 148 valence electrons. The van der Waals surface area contributed by atoms with Gasteiger partial charge in [-0.05, 0) is 31.4 Å². The van der Waals surface area contributed by atoms with Crippen molar-refractivity contribution in [1.29, 1.82) is 0 Å². The topological polar surface area (TPSA) is 122 Å². The van der Waals surface area contributed by atoms with E-state index in [-0.39, 0.29) is 35.3 Å². The maximum absolute atomic E-state index is 12.8. The molecule has 2 aromatic rings.